The van der Waals surface area contributed by atoms with Crippen molar-refractivity contribution in [1.29, 1.82) is 0 Å². The van der Waals surface area contributed by atoms with Gasteiger partial charge in [0.05, 0.1) is 13.2 Å². The second-order valence-corrected chi connectivity index (χ2v) is 4.18. The summed E-state index contributed by atoms with van der Waals surface area (Å²) in [6.45, 7) is 7.47. The number of hydrogen-bond donors (Lipinski definition) is 0. The molecule has 0 bridgehead atoms. The molecule has 0 amide bonds. The molecule has 0 saturated carbocycles. The zero-order chi connectivity index (χ0) is 15.7. The van der Waals surface area contributed by atoms with Gasteiger partial charge in [-0.05, 0) is 13.8 Å². The molecule has 1 rings (SSSR count). The maximum Gasteiger partial charge on any atom is 0.331 e. The summed E-state index contributed by atoms with van der Waals surface area (Å²) in [5.74, 6) is -1.26. The molecule has 1 fully saturated rings. The Hall–Kier alpha value is -1.92. The molecule has 6 nitrogen and oxygen atoms in total. The number of allylic oxidation sites excluding steroid dienone is 2. The highest BCUT2D eigenvalue weighted by Gasteiger charge is 2.30. The van der Waals surface area contributed by atoms with Crippen molar-refractivity contribution in [1.82, 2.24) is 0 Å². The van der Waals surface area contributed by atoms with Crippen molar-refractivity contribution in [2.75, 3.05) is 13.2 Å². The van der Waals surface area contributed by atoms with Gasteiger partial charge in [0.15, 0.2) is 12.4 Å². The number of rotatable bonds is 6. The Kier molecular flexibility index (Phi) is 7.42. The third kappa shape index (κ3) is 6.37. The first-order chi connectivity index (χ1) is 10.1. The van der Waals surface area contributed by atoms with Crippen LogP contribution in [0.5, 0.6) is 0 Å². The van der Waals surface area contributed by atoms with E-state index >= 15 is 0 Å². The highest BCUT2D eigenvalue weighted by Crippen LogP contribution is 2.17. The second-order valence-electron chi connectivity index (χ2n) is 4.18. The van der Waals surface area contributed by atoms with Crippen LogP contribution >= 0.6 is 0 Å². The highest BCUT2D eigenvalue weighted by molar-refractivity contribution is 5.91. The van der Waals surface area contributed by atoms with Crippen LogP contribution in [0.4, 0.5) is 0 Å². The number of hydrogen-bond acceptors (Lipinski definition) is 6. The maximum atomic E-state index is 11.6. The lowest BCUT2D eigenvalue weighted by Crippen LogP contribution is -2.44. The van der Waals surface area contributed by atoms with E-state index in [-0.39, 0.29) is 19.5 Å². The Bertz CT molecular complexity index is 426. The van der Waals surface area contributed by atoms with Gasteiger partial charge in [0, 0.05) is 12.2 Å². The van der Waals surface area contributed by atoms with E-state index < -0.39 is 24.1 Å². The molecule has 0 N–H and O–H groups in total. The summed E-state index contributed by atoms with van der Waals surface area (Å²) >= 11 is 0. The number of carbonyl (C=O) groups is 2. The van der Waals surface area contributed by atoms with Crippen molar-refractivity contribution in [2.45, 2.75) is 32.3 Å². The molecule has 1 saturated heterocycles. The average Bonchev–Trinajstić information content (AvgIpc) is 2.45. The van der Waals surface area contributed by atoms with Gasteiger partial charge in [-0.25, -0.2) is 9.59 Å². The van der Waals surface area contributed by atoms with Gasteiger partial charge in [0.25, 0.3) is 0 Å². The zero-order valence-electron chi connectivity index (χ0n) is 12.2. The van der Waals surface area contributed by atoms with E-state index in [2.05, 4.69) is 11.3 Å². The van der Waals surface area contributed by atoms with Gasteiger partial charge in [-0.1, -0.05) is 24.8 Å². The monoisotopic (exact) mass is 296 g/mol. The topological polar surface area (TPSA) is 71.1 Å². The molecule has 6 heteroatoms. The van der Waals surface area contributed by atoms with Crippen LogP contribution in [-0.4, -0.2) is 43.7 Å². The molecule has 3 atom stereocenters. The third-order valence-corrected chi connectivity index (χ3v) is 2.56. The van der Waals surface area contributed by atoms with Crippen molar-refractivity contribution < 1.29 is 28.5 Å². The molecule has 1 aliphatic rings. The molecule has 1 aliphatic heterocycles. The summed E-state index contributed by atoms with van der Waals surface area (Å²) in [5, 5.41) is 0. The quantitative estimate of drug-likeness (QED) is 0.420. The van der Waals surface area contributed by atoms with E-state index in [4.69, 9.17) is 14.2 Å². The Morgan fingerprint density at radius 2 is 2.05 bits per heavy atom. The molecular formula is C15H20O6. The van der Waals surface area contributed by atoms with Gasteiger partial charge in [-0.15, -0.1) is 0 Å². The summed E-state index contributed by atoms with van der Waals surface area (Å²) in [5.41, 5.74) is 0. The van der Waals surface area contributed by atoms with E-state index in [9.17, 15) is 9.59 Å². The van der Waals surface area contributed by atoms with Crippen LogP contribution < -0.4 is 0 Å². The van der Waals surface area contributed by atoms with Crippen molar-refractivity contribution in [2.24, 2.45) is 0 Å². The standard InChI is InChI=1S/C15H20O6/c1-4-6-7-12-13(10-19-11(3)20-12)21-15(17)9-8-14(16)18-5-2/h4,6-9,11-13H,1,5,10H2,2-3H3/b7-6+,9-8-/t11-,12+,13-/m1/s1. The Morgan fingerprint density at radius 3 is 2.71 bits per heavy atom. The molecule has 0 aromatic heterocycles. The Morgan fingerprint density at radius 1 is 1.33 bits per heavy atom. The molecule has 0 aromatic rings. The summed E-state index contributed by atoms with van der Waals surface area (Å²) in [6.07, 6.45) is 5.69. The summed E-state index contributed by atoms with van der Waals surface area (Å²) < 4.78 is 20.7. The van der Waals surface area contributed by atoms with Crippen molar-refractivity contribution >= 4 is 11.9 Å². The van der Waals surface area contributed by atoms with Crippen LogP contribution in [0.1, 0.15) is 13.8 Å². The molecule has 1 heterocycles. The minimum absolute atomic E-state index is 0.215. The van der Waals surface area contributed by atoms with Gasteiger partial charge in [-0.2, -0.15) is 0 Å². The molecule has 0 spiro atoms. The first-order valence-corrected chi connectivity index (χ1v) is 6.68. The predicted molar refractivity (Wildman–Crippen MR) is 75.3 cm³/mol. The van der Waals surface area contributed by atoms with Gasteiger partial charge < -0.3 is 18.9 Å². The maximum absolute atomic E-state index is 11.6. The van der Waals surface area contributed by atoms with Crippen LogP contribution in [0.15, 0.2) is 37.0 Å². The van der Waals surface area contributed by atoms with E-state index in [1.807, 2.05) is 0 Å². The second kappa shape index (κ2) is 9.10. The fourth-order valence-electron chi connectivity index (χ4n) is 1.65. The number of esters is 2. The van der Waals surface area contributed by atoms with Gasteiger partial charge in [0.1, 0.15) is 6.10 Å². The lowest BCUT2D eigenvalue weighted by molar-refractivity contribution is -0.237. The van der Waals surface area contributed by atoms with Crippen LogP contribution in [0.2, 0.25) is 0 Å². The highest BCUT2D eigenvalue weighted by atomic mass is 16.7. The van der Waals surface area contributed by atoms with E-state index in [0.717, 1.165) is 12.2 Å². The number of ether oxygens (including phenoxy) is 4. The molecule has 0 unspecified atom stereocenters. The normalized spacial score (nSPS) is 25.9. The minimum atomic E-state index is -0.660. The first-order valence-electron chi connectivity index (χ1n) is 6.68. The van der Waals surface area contributed by atoms with Crippen LogP contribution in [-0.2, 0) is 28.5 Å². The van der Waals surface area contributed by atoms with Crippen LogP contribution in [0.25, 0.3) is 0 Å². The fourth-order valence-corrected chi connectivity index (χ4v) is 1.65. The largest absolute Gasteiger partial charge is 0.463 e. The average molecular weight is 296 g/mol. The Labute approximate surface area is 124 Å². The van der Waals surface area contributed by atoms with Gasteiger partial charge in [0.2, 0.25) is 0 Å². The molecular weight excluding hydrogens is 276 g/mol. The molecule has 0 aromatic carbocycles. The smallest absolute Gasteiger partial charge is 0.331 e. The predicted octanol–water partition coefficient (Wildman–Crippen LogP) is 1.52. The molecule has 0 aliphatic carbocycles. The van der Waals surface area contributed by atoms with Crippen LogP contribution in [0, 0.1) is 0 Å². The van der Waals surface area contributed by atoms with E-state index in [0.29, 0.717) is 0 Å². The van der Waals surface area contributed by atoms with Crippen molar-refractivity contribution in [3.63, 3.8) is 0 Å². The fraction of sp³-hybridized carbons (Fsp3) is 0.467. The van der Waals surface area contributed by atoms with Crippen molar-refractivity contribution in [3.8, 4) is 0 Å². The summed E-state index contributed by atoms with van der Waals surface area (Å²) in [6, 6.07) is 0. The lowest BCUT2D eigenvalue weighted by atomic mass is 10.1. The molecule has 116 valence electrons. The SMILES string of the molecule is C=C/C=C/[C@@H]1O[C@H](C)OC[C@H]1OC(=O)/C=C\C(=O)OCC. The number of carbonyl (C=O) groups excluding carboxylic acids is 2. The van der Waals surface area contributed by atoms with E-state index in [1.165, 1.54) is 0 Å². The molecule has 21 heavy (non-hydrogen) atoms. The van der Waals surface area contributed by atoms with Gasteiger partial charge >= 0.3 is 11.9 Å². The zero-order valence-corrected chi connectivity index (χ0v) is 12.2. The first kappa shape index (κ1) is 17.1. The van der Waals surface area contributed by atoms with E-state index in [1.54, 1.807) is 32.1 Å². The van der Waals surface area contributed by atoms with Gasteiger partial charge in [-0.3, -0.25) is 0 Å². The third-order valence-electron chi connectivity index (χ3n) is 2.56. The lowest BCUT2D eigenvalue weighted by Gasteiger charge is -2.32. The molecule has 0 radical (unpaired) electrons. The summed E-state index contributed by atoms with van der Waals surface area (Å²) in [7, 11) is 0. The minimum Gasteiger partial charge on any atom is -0.463 e. The van der Waals surface area contributed by atoms with Crippen molar-refractivity contribution in [3.05, 3.63) is 37.0 Å². The summed E-state index contributed by atoms with van der Waals surface area (Å²) in [4.78, 5) is 22.7. The Balaban J connectivity index is 2.57. The van der Waals surface area contributed by atoms with Crippen LogP contribution in [0.3, 0.4) is 0 Å².